The van der Waals surface area contributed by atoms with Gasteiger partial charge in [0.15, 0.2) is 12.3 Å². The van der Waals surface area contributed by atoms with Crippen LogP contribution in [-0.2, 0) is 16.1 Å². The molecule has 0 fully saturated rings. The minimum atomic E-state index is -0.891. The van der Waals surface area contributed by atoms with Gasteiger partial charge in [-0.15, -0.1) is 0 Å². The van der Waals surface area contributed by atoms with Gasteiger partial charge in [0.25, 0.3) is 5.91 Å². The van der Waals surface area contributed by atoms with Crippen LogP contribution in [0, 0.1) is 5.82 Å². The molecule has 2 aromatic rings. The molecule has 5 nitrogen and oxygen atoms in total. The van der Waals surface area contributed by atoms with Crippen LogP contribution in [0.15, 0.2) is 30.3 Å². The number of esters is 1. The van der Waals surface area contributed by atoms with Gasteiger partial charge in [-0.2, -0.15) is 0 Å². The predicted octanol–water partition coefficient (Wildman–Crippen LogP) is 4.00. The molecule has 0 atom stereocenters. The Morgan fingerprint density at radius 1 is 1.16 bits per heavy atom. The van der Waals surface area contributed by atoms with E-state index in [4.69, 9.17) is 39.5 Å². The van der Waals surface area contributed by atoms with Gasteiger partial charge in [-0.3, -0.25) is 4.79 Å². The highest BCUT2D eigenvalue weighted by atomic mass is 35.5. The van der Waals surface area contributed by atoms with Crippen LogP contribution < -0.4 is 0 Å². The standard InChI is InChI=1S/C16H12Cl3FN2O3/c1-22(7-9-10(17)3-2-4-12(9)20)14(23)8-25-16(24)15-11(18)5-6-13(19)21-15/h2-6H,7-8H2,1H3. The Kier molecular flexibility index (Phi) is 6.58. The summed E-state index contributed by atoms with van der Waals surface area (Å²) in [5.41, 5.74) is -0.0207. The van der Waals surface area contributed by atoms with Crippen molar-refractivity contribution in [1.29, 1.82) is 0 Å². The number of hydrogen-bond acceptors (Lipinski definition) is 4. The number of aromatic nitrogens is 1. The molecule has 0 unspecified atom stereocenters. The fourth-order valence-corrected chi connectivity index (χ4v) is 2.43. The molecule has 1 amide bonds. The number of carbonyl (C=O) groups excluding carboxylic acids is 2. The maximum atomic E-state index is 13.7. The molecule has 2 rings (SSSR count). The second kappa shape index (κ2) is 8.47. The van der Waals surface area contributed by atoms with Crippen LogP contribution >= 0.6 is 34.8 Å². The third-order valence-electron chi connectivity index (χ3n) is 3.21. The molecule has 0 radical (unpaired) electrons. The predicted molar refractivity (Wildman–Crippen MR) is 92.4 cm³/mol. The topological polar surface area (TPSA) is 59.5 Å². The maximum absolute atomic E-state index is 13.7. The lowest BCUT2D eigenvalue weighted by molar-refractivity contribution is -0.133. The van der Waals surface area contributed by atoms with Crippen LogP contribution in [0.5, 0.6) is 0 Å². The Bertz CT molecular complexity index is 797. The molecule has 0 saturated heterocycles. The molecule has 0 N–H and O–H groups in total. The van der Waals surface area contributed by atoms with Gasteiger partial charge >= 0.3 is 5.97 Å². The summed E-state index contributed by atoms with van der Waals surface area (Å²) < 4.78 is 18.6. The van der Waals surface area contributed by atoms with Gasteiger partial charge in [0.2, 0.25) is 0 Å². The monoisotopic (exact) mass is 404 g/mol. The van der Waals surface area contributed by atoms with Gasteiger partial charge in [0.05, 0.1) is 5.02 Å². The first-order chi connectivity index (χ1) is 11.8. The maximum Gasteiger partial charge on any atom is 0.359 e. The number of hydrogen-bond donors (Lipinski definition) is 0. The Balaban J connectivity index is 1.97. The number of nitrogens with zero attached hydrogens (tertiary/aromatic N) is 2. The first kappa shape index (κ1) is 19.4. The highest BCUT2D eigenvalue weighted by molar-refractivity contribution is 6.34. The minimum Gasteiger partial charge on any atom is -0.451 e. The number of halogens is 4. The average molecular weight is 406 g/mol. The van der Waals surface area contributed by atoms with E-state index in [9.17, 15) is 14.0 Å². The first-order valence-corrected chi connectivity index (χ1v) is 8.09. The van der Waals surface area contributed by atoms with Gasteiger partial charge < -0.3 is 9.64 Å². The van der Waals surface area contributed by atoms with Crippen molar-refractivity contribution in [2.45, 2.75) is 6.54 Å². The van der Waals surface area contributed by atoms with Crippen molar-refractivity contribution in [3.8, 4) is 0 Å². The van der Waals surface area contributed by atoms with Crippen molar-refractivity contribution in [2.24, 2.45) is 0 Å². The number of amides is 1. The first-order valence-electron chi connectivity index (χ1n) is 6.95. The van der Waals surface area contributed by atoms with E-state index in [2.05, 4.69) is 4.98 Å². The molecule has 0 saturated carbocycles. The zero-order valence-electron chi connectivity index (χ0n) is 12.9. The summed E-state index contributed by atoms with van der Waals surface area (Å²) >= 11 is 17.5. The zero-order chi connectivity index (χ0) is 18.6. The van der Waals surface area contributed by atoms with Crippen molar-refractivity contribution in [2.75, 3.05) is 13.7 Å². The summed E-state index contributed by atoms with van der Waals surface area (Å²) in [5, 5.41) is 0.314. The fraction of sp³-hybridized carbons (Fsp3) is 0.188. The number of rotatable bonds is 5. The Hall–Kier alpha value is -1.89. The van der Waals surface area contributed by atoms with E-state index in [0.29, 0.717) is 0 Å². The molecule has 0 aliphatic heterocycles. The summed E-state index contributed by atoms with van der Waals surface area (Å²) in [5.74, 6) is -1.97. The van der Waals surface area contributed by atoms with E-state index in [-0.39, 0.29) is 33.0 Å². The zero-order valence-corrected chi connectivity index (χ0v) is 15.2. The highest BCUT2D eigenvalue weighted by Crippen LogP contribution is 2.21. The van der Waals surface area contributed by atoms with Crippen molar-refractivity contribution in [3.63, 3.8) is 0 Å². The molecule has 0 bridgehead atoms. The van der Waals surface area contributed by atoms with E-state index in [0.717, 1.165) is 0 Å². The quantitative estimate of drug-likeness (QED) is 0.557. The molecule has 1 heterocycles. The third kappa shape index (κ3) is 5.04. The number of likely N-dealkylation sites (N-methyl/N-ethyl adjacent to an activating group) is 1. The van der Waals surface area contributed by atoms with Gasteiger partial charge in [0, 0.05) is 24.2 Å². The molecule has 1 aromatic heterocycles. The van der Waals surface area contributed by atoms with Crippen LogP contribution in [-0.4, -0.2) is 35.4 Å². The van der Waals surface area contributed by atoms with Crippen LogP contribution in [0.4, 0.5) is 4.39 Å². The molecule has 0 spiro atoms. The van der Waals surface area contributed by atoms with Crippen molar-refractivity contribution >= 4 is 46.7 Å². The molecule has 0 aliphatic carbocycles. The van der Waals surface area contributed by atoms with Crippen LogP contribution in [0.25, 0.3) is 0 Å². The Morgan fingerprint density at radius 3 is 2.56 bits per heavy atom. The van der Waals surface area contributed by atoms with Crippen LogP contribution in [0.3, 0.4) is 0 Å². The molecule has 9 heteroatoms. The third-order valence-corrected chi connectivity index (χ3v) is 4.08. The van der Waals surface area contributed by atoms with E-state index in [1.807, 2.05) is 0 Å². The molecule has 132 valence electrons. The second-order valence-corrected chi connectivity index (χ2v) is 6.19. The van der Waals surface area contributed by atoms with Crippen LogP contribution in [0.1, 0.15) is 16.1 Å². The van der Waals surface area contributed by atoms with E-state index >= 15 is 0 Å². The highest BCUT2D eigenvalue weighted by Gasteiger charge is 2.19. The summed E-state index contributed by atoms with van der Waals surface area (Å²) in [6.45, 7) is -0.635. The molecular weight excluding hydrogens is 394 g/mol. The van der Waals surface area contributed by atoms with Crippen molar-refractivity contribution < 1.29 is 18.7 Å². The second-order valence-electron chi connectivity index (χ2n) is 4.99. The molecular formula is C16H12Cl3FN2O3. The number of benzene rings is 1. The largest absolute Gasteiger partial charge is 0.451 e. The van der Waals surface area contributed by atoms with Gasteiger partial charge in [-0.05, 0) is 24.3 Å². The normalized spacial score (nSPS) is 10.4. The van der Waals surface area contributed by atoms with Gasteiger partial charge in [-0.1, -0.05) is 40.9 Å². The molecule has 25 heavy (non-hydrogen) atoms. The Morgan fingerprint density at radius 2 is 1.88 bits per heavy atom. The van der Waals surface area contributed by atoms with Crippen LogP contribution in [0.2, 0.25) is 15.2 Å². The molecule has 0 aliphatic rings. The van der Waals surface area contributed by atoms with E-state index in [1.165, 1.54) is 42.3 Å². The number of pyridine rings is 1. The smallest absolute Gasteiger partial charge is 0.359 e. The Labute approximate surface area is 158 Å². The summed E-state index contributed by atoms with van der Waals surface area (Å²) in [4.78, 5) is 28.9. The van der Waals surface area contributed by atoms with Crippen molar-refractivity contribution in [1.82, 2.24) is 9.88 Å². The van der Waals surface area contributed by atoms with E-state index < -0.39 is 24.3 Å². The van der Waals surface area contributed by atoms with Gasteiger partial charge in [-0.25, -0.2) is 14.2 Å². The summed E-state index contributed by atoms with van der Waals surface area (Å²) in [7, 11) is 1.43. The molecule has 1 aromatic carbocycles. The fourth-order valence-electron chi connectivity index (χ4n) is 1.88. The lowest BCUT2D eigenvalue weighted by Gasteiger charge is -2.18. The summed E-state index contributed by atoms with van der Waals surface area (Å²) in [6, 6.07) is 7.03. The minimum absolute atomic E-state index is 0.0494. The lowest BCUT2D eigenvalue weighted by Crippen LogP contribution is -2.31. The number of carbonyl (C=O) groups is 2. The summed E-state index contributed by atoms with van der Waals surface area (Å²) in [6.07, 6.45) is 0. The van der Waals surface area contributed by atoms with Crippen molar-refractivity contribution in [3.05, 3.63) is 62.6 Å². The lowest BCUT2D eigenvalue weighted by atomic mass is 10.2. The number of ether oxygens (including phenoxy) is 1. The average Bonchev–Trinajstić information content (AvgIpc) is 2.57. The van der Waals surface area contributed by atoms with E-state index in [1.54, 1.807) is 0 Å². The van der Waals surface area contributed by atoms with Gasteiger partial charge in [0.1, 0.15) is 11.0 Å². The SMILES string of the molecule is CN(Cc1c(F)cccc1Cl)C(=O)COC(=O)c1nc(Cl)ccc1Cl.